The van der Waals surface area contributed by atoms with Gasteiger partial charge in [0, 0.05) is 17.1 Å². The standard InChI is InChI=1S/C13H18ClF2N3O/c1-2-3-6-18-13(17)19-8-9-7-10(14)4-5-11(9)20-12(15)16/h4-5,7,12H,2-3,6,8H2,1H3,(H3,17,18,19). The van der Waals surface area contributed by atoms with Crippen LogP contribution in [0, 0.1) is 0 Å². The van der Waals surface area contributed by atoms with Crippen LogP contribution in [-0.4, -0.2) is 19.1 Å². The maximum atomic E-state index is 12.3. The summed E-state index contributed by atoms with van der Waals surface area (Å²) in [5.74, 6) is 0.316. The normalized spacial score (nSPS) is 11.8. The second-order valence-corrected chi connectivity index (χ2v) is 4.55. The number of benzene rings is 1. The molecule has 0 bridgehead atoms. The van der Waals surface area contributed by atoms with Gasteiger partial charge < -0.3 is 15.8 Å². The minimum atomic E-state index is -2.89. The lowest BCUT2D eigenvalue weighted by Crippen LogP contribution is -2.32. The van der Waals surface area contributed by atoms with E-state index >= 15 is 0 Å². The van der Waals surface area contributed by atoms with Crippen molar-refractivity contribution in [2.45, 2.75) is 32.9 Å². The molecule has 0 amide bonds. The number of nitrogens with two attached hydrogens (primary N) is 1. The zero-order chi connectivity index (χ0) is 15.0. The molecule has 0 saturated heterocycles. The Morgan fingerprint density at radius 2 is 2.25 bits per heavy atom. The molecule has 3 N–H and O–H groups in total. The van der Waals surface area contributed by atoms with Crippen molar-refractivity contribution in [1.29, 1.82) is 0 Å². The zero-order valence-electron chi connectivity index (χ0n) is 11.2. The monoisotopic (exact) mass is 305 g/mol. The predicted octanol–water partition coefficient (Wildman–Crippen LogP) is 3.15. The van der Waals surface area contributed by atoms with E-state index in [2.05, 4.69) is 22.0 Å². The highest BCUT2D eigenvalue weighted by atomic mass is 35.5. The third-order valence-corrected chi connectivity index (χ3v) is 2.73. The Morgan fingerprint density at radius 1 is 1.50 bits per heavy atom. The smallest absolute Gasteiger partial charge is 0.387 e. The SMILES string of the molecule is CCCCNC(N)=NCc1cc(Cl)ccc1OC(F)F. The lowest BCUT2D eigenvalue weighted by molar-refractivity contribution is -0.0504. The summed E-state index contributed by atoms with van der Waals surface area (Å²) in [5.41, 5.74) is 6.13. The van der Waals surface area contributed by atoms with Crippen molar-refractivity contribution < 1.29 is 13.5 Å². The van der Waals surface area contributed by atoms with Crippen molar-refractivity contribution in [3.63, 3.8) is 0 Å². The predicted molar refractivity (Wildman–Crippen MR) is 76.3 cm³/mol. The first-order chi connectivity index (χ1) is 9.52. The number of nitrogens with zero attached hydrogens (tertiary/aromatic N) is 1. The van der Waals surface area contributed by atoms with Gasteiger partial charge in [-0.15, -0.1) is 0 Å². The Morgan fingerprint density at radius 3 is 2.90 bits per heavy atom. The molecule has 1 rings (SSSR count). The first-order valence-electron chi connectivity index (χ1n) is 6.30. The highest BCUT2D eigenvalue weighted by Crippen LogP contribution is 2.25. The van der Waals surface area contributed by atoms with Gasteiger partial charge in [0.2, 0.25) is 0 Å². The van der Waals surface area contributed by atoms with Gasteiger partial charge in [0.15, 0.2) is 5.96 Å². The van der Waals surface area contributed by atoms with Crippen LogP contribution in [0.25, 0.3) is 0 Å². The number of hydrogen-bond acceptors (Lipinski definition) is 2. The summed E-state index contributed by atoms with van der Waals surface area (Å²) >= 11 is 5.83. The summed E-state index contributed by atoms with van der Waals surface area (Å²) in [7, 11) is 0. The van der Waals surface area contributed by atoms with Crippen molar-refractivity contribution in [2.24, 2.45) is 10.7 Å². The summed E-state index contributed by atoms with van der Waals surface area (Å²) in [6, 6.07) is 4.40. The van der Waals surface area contributed by atoms with Gasteiger partial charge in [-0.05, 0) is 24.6 Å². The third-order valence-electron chi connectivity index (χ3n) is 2.49. The summed E-state index contributed by atoms with van der Waals surface area (Å²) in [5, 5.41) is 3.36. The molecule has 0 aliphatic heterocycles. The van der Waals surface area contributed by atoms with E-state index in [9.17, 15) is 8.78 Å². The molecule has 1 aromatic rings. The molecule has 0 spiro atoms. The Labute approximate surface area is 122 Å². The molecule has 0 heterocycles. The van der Waals surface area contributed by atoms with Crippen LogP contribution < -0.4 is 15.8 Å². The average Bonchev–Trinajstić information content (AvgIpc) is 2.39. The molecule has 0 atom stereocenters. The van der Waals surface area contributed by atoms with Gasteiger partial charge in [-0.1, -0.05) is 24.9 Å². The Bertz CT molecular complexity index is 455. The number of ether oxygens (including phenoxy) is 1. The topological polar surface area (TPSA) is 59.6 Å². The molecule has 0 aliphatic carbocycles. The molecule has 0 radical (unpaired) electrons. The molecule has 0 saturated carbocycles. The Hall–Kier alpha value is -1.56. The largest absolute Gasteiger partial charge is 0.434 e. The molecule has 0 aliphatic rings. The number of aliphatic imine (C=N–C) groups is 1. The minimum Gasteiger partial charge on any atom is -0.434 e. The Balaban J connectivity index is 2.69. The zero-order valence-corrected chi connectivity index (χ0v) is 12.0. The van der Waals surface area contributed by atoms with Crippen molar-refractivity contribution in [2.75, 3.05) is 6.54 Å². The maximum absolute atomic E-state index is 12.3. The molecule has 0 unspecified atom stereocenters. The minimum absolute atomic E-state index is 0.0505. The molecule has 7 heteroatoms. The summed E-state index contributed by atoms with van der Waals surface area (Å²) < 4.78 is 29.0. The van der Waals surface area contributed by atoms with Crippen LogP contribution in [0.2, 0.25) is 5.02 Å². The van der Waals surface area contributed by atoms with Gasteiger partial charge in [-0.2, -0.15) is 8.78 Å². The fourth-order valence-electron chi connectivity index (χ4n) is 1.50. The Kier molecular flexibility index (Phi) is 7.08. The molecule has 0 aromatic heterocycles. The summed E-state index contributed by atoms with van der Waals surface area (Å²) in [6.45, 7) is 0.0171. The number of alkyl halides is 2. The van der Waals surface area contributed by atoms with Crippen molar-refractivity contribution >= 4 is 17.6 Å². The lowest BCUT2D eigenvalue weighted by atomic mass is 10.2. The van der Waals surface area contributed by atoms with Gasteiger partial charge in [0.05, 0.1) is 6.54 Å². The van der Waals surface area contributed by atoms with Gasteiger partial charge in [-0.25, -0.2) is 4.99 Å². The van der Waals surface area contributed by atoms with Crippen LogP contribution >= 0.6 is 11.6 Å². The van der Waals surface area contributed by atoms with E-state index in [1.165, 1.54) is 18.2 Å². The van der Waals surface area contributed by atoms with E-state index in [1.54, 1.807) is 0 Å². The highest BCUT2D eigenvalue weighted by molar-refractivity contribution is 6.30. The summed E-state index contributed by atoms with van der Waals surface area (Å²) in [6.07, 6.45) is 2.02. The van der Waals surface area contributed by atoms with E-state index in [0.29, 0.717) is 10.6 Å². The van der Waals surface area contributed by atoms with Crippen molar-refractivity contribution in [3.8, 4) is 5.75 Å². The number of hydrogen-bond donors (Lipinski definition) is 2. The van der Waals surface area contributed by atoms with E-state index < -0.39 is 6.61 Å². The number of halogens is 3. The second kappa shape index (κ2) is 8.58. The quantitative estimate of drug-likeness (QED) is 0.462. The van der Waals surface area contributed by atoms with Crippen LogP contribution in [-0.2, 0) is 6.54 Å². The van der Waals surface area contributed by atoms with Gasteiger partial charge >= 0.3 is 6.61 Å². The van der Waals surface area contributed by atoms with Crippen LogP contribution in [0.4, 0.5) is 8.78 Å². The number of unbranched alkanes of at least 4 members (excludes halogenated alkanes) is 1. The first-order valence-corrected chi connectivity index (χ1v) is 6.67. The molecule has 112 valence electrons. The van der Waals surface area contributed by atoms with E-state index in [4.69, 9.17) is 17.3 Å². The van der Waals surface area contributed by atoms with Gasteiger partial charge in [0.1, 0.15) is 5.75 Å². The summed E-state index contributed by atoms with van der Waals surface area (Å²) in [4.78, 5) is 4.08. The number of rotatable bonds is 7. The molecule has 1 aromatic carbocycles. The van der Waals surface area contributed by atoms with Crippen molar-refractivity contribution in [1.82, 2.24) is 5.32 Å². The van der Waals surface area contributed by atoms with E-state index in [0.717, 1.165) is 19.4 Å². The molecular weight excluding hydrogens is 288 g/mol. The van der Waals surface area contributed by atoms with E-state index in [1.807, 2.05) is 0 Å². The maximum Gasteiger partial charge on any atom is 0.387 e. The van der Waals surface area contributed by atoms with Crippen LogP contribution in [0.1, 0.15) is 25.3 Å². The molecule has 4 nitrogen and oxygen atoms in total. The lowest BCUT2D eigenvalue weighted by Gasteiger charge is -2.10. The highest BCUT2D eigenvalue weighted by Gasteiger charge is 2.10. The fourth-order valence-corrected chi connectivity index (χ4v) is 1.70. The molecule has 20 heavy (non-hydrogen) atoms. The van der Waals surface area contributed by atoms with Crippen LogP contribution in [0.15, 0.2) is 23.2 Å². The van der Waals surface area contributed by atoms with Crippen molar-refractivity contribution in [3.05, 3.63) is 28.8 Å². The average molecular weight is 306 g/mol. The molecule has 0 fully saturated rings. The first kappa shape index (κ1) is 16.5. The van der Waals surface area contributed by atoms with Crippen LogP contribution in [0.5, 0.6) is 5.75 Å². The molecular formula is C13H18ClF2N3O. The number of nitrogens with one attached hydrogen (secondary N) is 1. The van der Waals surface area contributed by atoms with Crippen LogP contribution in [0.3, 0.4) is 0 Å². The number of guanidine groups is 1. The second-order valence-electron chi connectivity index (χ2n) is 4.11. The van der Waals surface area contributed by atoms with Gasteiger partial charge in [-0.3, -0.25) is 0 Å². The third kappa shape index (κ3) is 6.06. The fraction of sp³-hybridized carbons (Fsp3) is 0.462. The van der Waals surface area contributed by atoms with Gasteiger partial charge in [0.25, 0.3) is 0 Å². The van der Waals surface area contributed by atoms with E-state index in [-0.39, 0.29) is 18.3 Å².